The largest absolute Gasteiger partial charge is 0.489 e. The van der Waals surface area contributed by atoms with Crippen LogP contribution >= 0.6 is 0 Å². The highest BCUT2D eigenvalue weighted by Crippen LogP contribution is 2.19. The molecule has 4 heteroatoms. The Labute approximate surface area is 135 Å². The van der Waals surface area contributed by atoms with E-state index < -0.39 is 5.97 Å². The fraction of sp³-hybridized carbons (Fsp3) is 0.158. The Balaban J connectivity index is 1.65. The molecule has 4 nitrogen and oxygen atoms in total. The number of benzene rings is 2. The first-order valence-corrected chi connectivity index (χ1v) is 7.38. The van der Waals surface area contributed by atoms with Crippen molar-refractivity contribution in [2.45, 2.75) is 20.5 Å². The van der Waals surface area contributed by atoms with Crippen LogP contribution in [0.1, 0.15) is 23.6 Å². The van der Waals surface area contributed by atoms with Crippen LogP contribution < -0.4 is 4.74 Å². The standard InChI is InChI=1S/C19H17NO3/c1-13-3-5-16(6-4-13)12-22-17-9-7-15(8-10-17)11-18-14(2)20-23-19(18)21/h3-11H,12H2,1-2H3/b18-11+. The second-order valence-corrected chi connectivity index (χ2v) is 5.46. The lowest BCUT2D eigenvalue weighted by molar-refractivity contribution is -0.136. The van der Waals surface area contributed by atoms with Crippen molar-refractivity contribution < 1.29 is 14.4 Å². The molecule has 0 atom stereocenters. The number of carbonyl (C=O) groups is 1. The smallest absolute Gasteiger partial charge is 0.367 e. The topological polar surface area (TPSA) is 47.9 Å². The number of aryl methyl sites for hydroxylation is 1. The van der Waals surface area contributed by atoms with Crippen molar-refractivity contribution in [3.8, 4) is 5.75 Å². The summed E-state index contributed by atoms with van der Waals surface area (Å²) < 4.78 is 5.76. The number of rotatable bonds is 4. The summed E-state index contributed by atoms with van der Waals surface area (Å²) in [4.78, 5) is 16.1. The van der Waals surface area contributed by atoms with Gasteiger partial charge in [0.2, 0.25) is 0 Å². The normalized spacial score (nSPS) is 15.5. The molecule has 116 valence electrons. The third-order valence-electron chi connectivity index (χ3n) is 3.59. The summed E-state index contributed by atoms with van der Waals surface area (Å²) in [5.74, 6) is 0.370. The van der Waals surface area contributed by atoms with Gasteiger partial charge < -0.3 is 9.57 Å². The second kappa shape index (κ2) is 6.48. The Hall–Kier alpha value is -2.88. The molecule has 2 aromatic rings. The SMILES string of the molecule is CC1=NOC(=O)/C1=C/c1ccc(OCc2ccc(C)cc2)cc1. The fourth-order valence-electron chi connectivity index (χ4n) is 2.20. The van der Waals surface area contributed by atoms with Gasteiger partial charge in [-0.15, -0.1) is 0 Å². The maximum absolute atomic E-state index is 11.5. The van der Waals surface area contributed by atoms with Crippen LogP contribution in [-0.2, 0) is 16.2 Å². The third kappa shape index (κ3) is 3.66. The maximum atomic E-state index is 11.5. The van der Waals surface area contributed by atoms with Crippen LogP contribution in [0.2, 0.25) is 0 Å². The van der Waals surface area contributed by atoms with Gasteiger partial charge in [0.15, 0.2) is 0 Å². The first-order valence-electron chi connectivity index (χ1n) is 7.38. The monoisotopic (exact) mass is 307 g/mol. The molecule has 0 N–H and O–H groups in total. The van der Waals surface area contributed by atoms with Crippen molar-refractivity contribution in [1.82, 2.24) is 0 Å². The first-order chi connectivity index (χ1) is 11.1. The average molecular weight is 307 g/mol. The third-order valence-corrected chi connectivity index (χ3v) is 3.59. The van der Waals surface area contributed by atoms with Crippen molar-refractivity contribution in [3.05, 3.63) is 70.8 Å². The Morgan fingerprint density at radius 3 is 2.35 bits per heavy atom. The van der Waals surface area contributed by atoms with Gasteiger partial charge >= 0.3 is 5.97 Å². The van der Waals surface area contributed by atoms with Crippen LogP contribution in [0.4, 0.5) is 0 Å². The molecule has 0 saturated heterocycles. The van der Waals surface area contributed by atoms with Crippen LogP contribution in [0.5, 0.6) is 5.75 Å². The summed E-state index contributed by atoms with van der Waals surface area (Å²) in [5, 5.41) is 3.66. The van der Waals surface area contributed by atoms with E-state index in [1.54, 1.807) is 13.0 Å². The highest BCUT2D eigenvalue weighted by atomic mass is 16.7. The van der Waals surface area contributed by atoms with Crippen molar-refractivity contribution in [3.63, 3.8) is 0 Å². The molecule has 0 aliphatic carbocycles. The molecule has 0 fully saturated rings. The van der Waals surface area contributed by atoms with Crippen LogP contribution in [0.15, 0.2) is 59.3 Å². The van der Waals surface area contributed by atoms with Crippen LogP contribution in [0.25, 0.3) is 6.08 Å². The van der Waals surface area contributed by atoms with E-state index in [-0.39, 0.29) is 0 Å². The molecule has 0 bridgehead atoms. The van der Waals surface area contributed by atoms with E-state index in [1.165, 1.54) is 5.56 Å². The summed E-state index contributed by atoms with van der Waals surface area (Å²) >= 11 is 0. The highest BCUT2D eigenvalue weighted by molar-refractivity contribution is 6.24. The summed E-state index contributed by atoms with van der Waals surface area (Å²) in [6.07, 6.45) is 1.76. The summed E-state index contributed by atoms with van der Waals surface area (Å²) in [5.41, 5.74) is 4.34. The van der Waals surface area contributed by atoms with E-state index in [9.17, 15) is 4.79 Å². The molecule has 0 radical (unpaired) electrons. The molecule has 0 aromatic heterocycles. The Morgan fingerprint density at radius 2 is 1.74 bits per heavy atom. The van der Waals surface area contributed by atoms with Crippen molar-refractivity contribution in [2.75, 3.05) is 0 Å². The molecule has 0 spiro atoms. The van der Waals surface area contributed by atoms with Gasteiger partial charge in [-0.25, -0.2) is 4.79 Å². The molecule has 3 rings (SSSR count). The van der Waals surface area contributed by atoms with E-state index in [1.807, 2.05) is 24.3 Å². The number of nitrogens with zero attached hydrogens (tertiary/aromatic N) is 1. The Kier molecular flexibility index (Phi) is 4.24. The van der Waals surface area contributed by atoms with Crippen LogP contribution in [0.3, 0.4) is 0 Å². The van der Waals surface area contributed by atoms with Crippen molar-refractivity contribution in [1.29, 1.82) is 0 Å². The molecule has 1 heterocycles. The lowest BCUT2D eigenvalue weighted by Crippen LogP contribution is -2.01. The minimum atomic E-state index is -0.415. The summed E-state index contributed by atoms with van der Waals surface area (Å²) in [7, 11) is 0. The minimum Gasteiger partial charge on any atom is -0.489 e. The lowest BCUT2D eigenvalue weighted by Gasteiger charge is -2.07. The predicted octanol–water partition coefficient (Wildman–Crippen LogP) is 3.89. The molecule has 1 aliphatic heterocycles. The summed E-state index contributed by atoms with van der Waals surface area (Å²) in [6.45, 7) is 4.33. The molecule has 23 heavy (non-hydrogen) atoms. The van der Waals surface area contributed by atoms with Crippen molar-refractivity contribution >= 4 is 17.8 Å². The average Bonchev–Trinajstić information content (AvgIpc) is 2.88. The molecule has 0 amide bonds. The molecule has 1 aliphatic rings. The van der Waals surface area contributed by atoms with E-state index in [0.29, 0.717) is 17.9 Å². The van der Waals surface area contributed by atoms with Gasteiger partial charge in [0.25, 0.3) is 0 Å². The minimum absolute atomic E-state index is 0.415. The van der Waals surface area contributed by atoms with Gasteiger partial charge in [-0.3, -0.25) is 0 Å². The number of carbonyl (C=O) groups excluding carboxylic acids is 1. The van der Waals surface area contributed by atoms with Gasteiger partial charge in [-0.2, -0.15) is 0 Å². The zero-order valence-corrected chi connectivity index (χ0v) is 13.1. The quantitative estimate of drug-likeness (QED) is 0.636. The van der Waals surface area contributed by atoms with Gasteiger partial charge in [-0.1, -0.05) is 47.1 Å². The Bertz CT molecular complexity index is 771. The number of hydrogen-bond acceptors (Lipinski definition) is 4. The van der Waals surface area contributed by atoms with E-state index in [2.05, 4.69) is 41.2 Å². The molecular weight excluding hydrogens is 290 g/mol. The van der Waals surface area contributed by atoms with Gasteiger partial charge in [0.1, 0.15) is 12.4 Å². The molecule has 0 unspecified atom stereocenters. The zero-order valence-electron chi connectivity index (χ0n) is 13.1. The Morgan fingerprint density at radius 1 is 1.04 bits per heavy atom. The molecule has 2 aromatic carbocycles. The predicted molar refractivity (Wildman–Crippen MR) is 89.1 cm³/mol. The molecular formula is C19H17NO3. The van der Waals surface area contributed by atoms with Gasteiger partial charge in [0.05, 0.1) is 11.3 Å². The zero-order chi connectivity index (χ0) is 16.2. The van der Waals surface area contributed by atoms with Crippen LogP contribution in [0, 0.1) is 6.92 Å². The number of oxime groups is 1. The van der Waals surface area contributed by atoms with E-state index in [4.69, 9.17) is 4.74 Å². The van der Waals surface area contributed by atoms with Gasteiger partial charge in [-0.05, 0) is 43.2 Å². The first kappa shape index (κ1) is 15.0. The van der Waals surface area contributed by atoms with E-state index in [0.717, 1.165) is 16.9 Å². The second-order valence-electron chi connectivity index (χ2n) is 5.46. The highest BCUT2D eigenvalue weighted by Gasteiger charge is 2.21. The maximum Gasteiger partial charge on any atom is 0.367 e. The number of hydrogen-bond donors (Lipinski definition) is 0. The fourth-order valence-corrected chi connectivity index (χ4v) is 2.20. The van der Waals surface area contributed by atoms with E-state index >= 15 is 0 Å². The van der Waals surface area contributed by atoms with Crippen molar-refractivity contribution in [2.24, 2.45) is 5.16 Å². The molecule has 0 saturated carbocycles. The summed E-state index contributed by atoms with van der Waals surface area (Å²) in [6, 6.07) is 15.8. The van der Waals surface area contributed by atoms with Gasteiger partial charge in [0, 0.05) is 0 Å². The lowest BCUT2D eigenvalue weighted by atomic mass is 10.1. The number of ether oxygens (including phenoxy) is 1. The van der Waals surface area contributed by atoms with Crippen LogP contribution in [-0.4, -0.2) is 11.7 Å².